The number of hydrogen-bond acceptors (Lipinski definition) is 2. The van der Waals surface area contributed by atoms with E-state index in [1.54, 1.807) is 6.08 Å². The van der Waals surface area contributed by atoms with Crippen molar-refractivity contribution in [2.45, 2.75) is 12.5 Å². The molecule has 0 aliphatic heterocycles. The van der Waals surface area contributed by atoms with Crippen LogP contribution in [0.3, 0.4) is 0 Å². The third-order valence-electron chi connectivity index (χ3n) is 1.96. The van der Waals surface area contributed by atoms with E-state index in [2.05, 4.69) is 11.3 Å². The Kier molecular flexibility index (Phi) is 4.05. The molecule has 1 aromatic carbocycles. The van der Waals surface area contributed by atoms with Crippen LogP contribution in [0.4, 0.5) is 0 Å². The van der Waals surface area contributed by atoms with Gasteiger partial charge in [0.15, 0.2) is 0 Å². The first-order chi connectivity index (χ1) is 7.03. The van der Waals surface area contributed by atoms with Crippen LogP contribution in [0.1, 0.15) is 18.0 Å². The second-order valence-corrected chi connectivity index (χ2v) is 5.16. The van der Waals surface area contributed by atoms with E-state index in [0.29, 0.717) is 6.42 Å². The van der Waals surface area contributed by atoms with E-state index in [1.165, 1.54) is 0 Å². The molecule has 0 heterocycles. The molecule has 0 unspecified atom stereocenters. The van der Waals surface area contributed by atoms with Gasteiger partial charge in [0, 0.05) is 0 Å². The fourth-order valence-electron chi connectivity index (χ4n) is 1.36. The van der Waals surface area contributed by atoms with Gasteiger partial charge in [-0.25, -0.2) is 13.1 Å². The molecule has 1 rings (SSSR count). The van der Waals surface area contributed by atoms with Crippen LogP contribution in [0.2, 0.25) is 0 Å². The van der Waals surface area contributed by atoms with Crippen LogP contribution < -0.4 is 4.72 Å². The lowest BCUT2D eigenvalue weighted by Crippen LogP contribution is -2.27. The highest BCUT2D eigenvalue weighted by Crippen LogP contribution is 2.17. The Labute approximate surface area is 90.9 Å². The monoisotopic (exact) mass is 225 g/mol. The third-order valence-corrected chi connectivity index (χ3v) is 2.67. The van der Waals surface area contributed by atoms with Crippen molar-refractivity contribution in [2.24, 2.45) is 0 Å². The molecule has 0 aliphatic rings. The molecule has 0 fully saturated rings. The average Bonchev–Trinajstić information content (AvgIpc) is 2.17. The van der Waals surface area contributed by atoms with Crippen molar-refractivity contribution in [1.82, 2.24) is 4.72 Å². The molecule has 0 spiro atoms. The van der Waals surface area contributed by atoms with E-state index >= 15 is 0 Å². The molecule has 0 saturated heterocycles. The summed E-state index contributed by atoms with van der Waals surface area (Å²) in [5.41, 5.74) is 0.947. The summed E-state index contributed by atoms with van der Waals surface area (Å²) in [7, 11) is -3.19. The highest BCUT2D eigenvalue weighted by atomic mass is 32.2. The predicted octanol–water partition coefficient (Wildman–Crippen LogP) is 1.85. The van der Waals surface area contributed by atoms with Crippen LogP contribution in [-0.2, 0) is 10.0 Å². The molecule has 3 nitrogen and oxygen atoms in total. The number of benzene rings is 1. The van der Waals surface area contributed by atoms with Crippen LogP contribution in [0.5, 0.6) is 0 Å². The van der Waals surface area contributed by atoms with Gasteiger partial charge in [0.05, 0.1) is 12.3 Å². The minimum atomic E-state index is -3.19. The van der Waals surface area contributed by atoms with E-state index in [1.807, 2.05) is 30.3 Å². The zero-order chi connectivity index (χ0) is 11.3. The first kappa shape index (κ1) is 11.9. The Bertz CT molecular complexity index is 411. The van der Waals surface area contributed by atoms with Crippen LogP contribution in [-0.4, -0.2) is 14.7 Å². The molecule has 0 saturated carbocycles. The Hall–Kier alpha value is -1.13. The molecule has 0 bridgehead atoms. The summed E-state index contributed by atoms with van der Waals surface area (Å²) in [6.45, 7) is 3.62. The summed E-state index contributed by atoms with van der Waals surface area (Å²) in [5.74, 6) is 0. The Morgan fingerprint density at radius 2 is 2.00 bits per heavy atom. The third kappa shape index (κ3) is 4.27. The maximum absolute atomic E-state index is 11.1. The smallest absolute Gasteiger partial charge is 0.209 e. The van der Waals surface area contributed by atoms with Gasteiger partial charge >= 0.3 is 0 Å². The molecule has 0 aromatic heterocycles. The van der Waals surface area contributed by atoms with Gasteiger partial charge in [-0.2, -0.15) is 0 Å². The van der Waals surface area contributed by atoms with Crippen molar-refractivity contribution in [2.75, 3.05) is 6.26 Å². The SMILES string of the molecule is C=CC[C@H](NS(C)(=O)=O)c1ccccc1. The van der Waals surface area contributed by atoms with Gasteiger partial charge in [0.2, 0.25) is 10.0 Å². The topological polar surface area (TPSA) is 46.2 Å². The zero-order valence-corrected chi connectivity index (χ0v) is 9.50. The van der Waals surface area contributed by atoms with Crippen molar-refractivity contribution < 1.29 is 8.42 Å². The van der Waals surface area contributed by atoms with Crippen molar-refractivity contribution in [1.29, 1.82) is 0 Å². The van der Waals surface area contributed by atoms with Gasteiger partial charge < -0.3 is 0 Å². The molecule has 4 heteroatoms. The van der Waals surface area contributed by atoms with Crippen LogP contribution in [0.15, 0.2) is 43.0 Å². The molecule has 1 aromatic rings. The van der Waals surface area contributed by atoms with Crippen molar-refractivity contribution in [3.63, 3.8) is 0 Å². The second-order valence-electron chi connectivity index (χ2n) is 3.38. The maximum Gasteiger partial charge on any atom is 0.209 e. The summed E-state index contributed by atoms with van der Waals surface area (Å²) in [6, 6.07) is 9.23. The normalized spacial score (nSPS) is 13.4. The van der Waals surface area contributed by atoms with Gasteiger partial charge in [-0.15, -0.1) is 6.58 Å². The fourth-order valence-corrected chi connectivity index (χ4v) is 2.11. The van der Waals surface area contributed by atoms with Gasteiger partial charge in [-0.05, 0) is 12.0 Å². The molecule has 15 heavy (non-hydrogen) atoms. The predicted molar refractivity (Wildman–Crippen MR) is 62.0 cm³/mol. The molecule has 0 radical (unpaired) electrons. The summed E-state index contributed by atoms with van der Waals surface area (Å²) >= 11 is 0. The lowest BCUT2D eigenvalue weighted by molar-refractivity contribution is 0.563. The zero-order valence-electron chi connectivity index (χ0n) is 8.68. The number of nitrogens with one attached hydrogen (secondary N) is 1. The van der Waals surface area contributed by atoms with Gasteiger partial charge in [0.1, 0.15) is 0 Å². The quantitative estimate of drug-likeness (QED) is 0.777. The minimum absolute atomic E-state index is 0.223. The van der Waals surface area contributed by atoms with Gasteiger partial charge in [0.25, 0.3) is 0 Å². The summed E-state index contributed by atoms with van der Waals surface area (Å²) in [5, 5.41) is 0. The molecule has 0 aliphatic carbocycles. The van der Waals surface area contributed by atoms with E-state index in [9.17, 15) is 8.42 Å². The Morgan fingerprint density at radius 3 is 2.47 bits per heavy atom. The van der Waals surface area contributed by atoms with Gasteiger partial charge in [-0.1, -0.05) is 36.4 Å². The highest BCUT2D eigenvalue weighted by molar-refractivity contribution is 7.88. The van der Waals surface area contributed by atoms with Crippen LogP contribution in [0, 0.1) is 0 Å². The fraction of sp³-hybridized carbons (Fsp3) is 0.273. The molecular formula is C11H15NO2S. The van der Waals surface area contributed by atoms with E-state index in [-0.39, 0.29) is 6.04 Å². The molecular weight excluding hydrogens is 210 g/mol. The average molecular weight is 225 g/mol. The maximum atomic E-state index is 11.1. The molecule has 1 N–H and O–H groups in total. The molecule has 1 atom stereocenters. The second kappa shape index (κ2) is 5.09. The van der Waals surface area contributed by atoms with E-state index in [4.69, 9.17) is 0 Å². The standard InChI is InChI=1S/C11H15NO2S/c1-3-7-11(12-15(2,13)14)10-8-5-4-6-9-10/h3-6,8-9,11-12H,1,7H2,2H3/t11-/m0/s1. The van der Waals surface area contributed by atoms with Crippen molar-refractivity contribution >= 4 is 10.0 Å². The lowest BCUT2D eigenvalue weighted by atomic mass is 10.1. The van der Waals surface area contributed by atoms with E-state index < -0.39 is 10.0 Å². The van der Waals surface area contributed by atoms with Crippen molar-refractivity contribution in [3.05, 3.63) is 48.6 Å². The van der Waals surface area contributed by atoms with Gasteiger partial charge in [-0.3, -0.25) is 0 Å². The molecule has 82 valence electrons. The van der Waals surface area contributed by atoms with E-state index in [0.717, 1.165) is 11.8 Å². The Morgan fingerprint density at radius 1 is 1.40 bits per heavy atom. The van der Waals surface area contributed by atoms with Crippen molar-refractivity contribution in [3.8, 4) is 0 Å². The summed E-state index contributed by atoms with van der Waals surface area (Å²) in [4.78, 5) is 0. The lowest BCUT2D eigenvalue weighted by Gasteiger charge is -2.15. The number of hydrogen-bond donors (Lipinski definition) is 1. The number of sulfonamides is 1. The number of rotatable bonds is 5. The summed E-state index contributed by atoms with van der Waals surface area (Å²) < 4.78 is 24.9. The summed E-state index contributed by atoms with van der Waals surface area (Å²) in [6.07, 6.45) is 3.44. The van der Waals surface area contributed by atoms with Crippen LogP contribution >= 0.6 is 0 Å². The van der Waals surface area contributed by atoms with Crippen LogP contribution in [0.25, 0.3) is 0 Å². The Balaban J connectivity index is 2.88. The minimum Gasteiger partial charge on any atom is -0.213 e. The highest BCUT2D eigenvalue weighted by Gasteiger charge is 2.13. The first-order valence-corrected chi connectivity index (χ1v) is 6.55. The first-order valence-electron chi connectivity index (χ1n) is 4.66. The largest absolute Gasteiger partial charge is 0.213 e. The molecule has 0 amide bonds.